The number of phenols is 4. The molecule has 31 heavy (non-hydrogen) atoms. The number of aliphatic hydroxyl groups is 1. The van der Waals surface area contributed by atoms with E-state index in [-0.39, 0.29) is 35.2 Å². The van der Waals surface area contributed by atoms with Crippen molar-refractivity contribution in [3.8, 4) is 28.7 Å². The van der Waals surface area contributed by atoms with E-state index in [4.69, 9.17) is 4.74 Å². The lowest BCUT2D eigenvalue weighted by atomic mass is 9.92. The minimum absolute atomic E-state index is 0.131. The van der Waals surface area contributed by atoms with Gasteiger partial charge in [0.05, 0.1) is 6.10 Å². The molecule has 2 atom stereocenters. The third-order valence-corrected chi connectivity index (χ3v) is 5.47. The standard InChI is InChI=1S/C25H30O6/c1-14(2)5-4-6-15(3)7-8-16-9-17(10-21(28)24(16)30)25-22(29)13-19-20(27)11-18(26)12-23(19)31-25/h5,7,9-12,22,25-30H,4,6,8,13H2,1-3H3/t22-,25+/m0/s1. The molecule has 1 aliphatic rings. The van der Waals surface area contributed by atoms with Crippen molar-refractivity contribution in [2.24, 2.45) is 0 Å². The maximum absolute atomic E-state index is 10.6. The number of ether oxygens (including phenoxy) is 1. The van der Waals surface area contributed by atoms with Crippen molar-refractivity contribution in [1.82, 2.24) is 0 Å². The van der Waals surface area contributed by atoms with Crippen molar-refractivity contribution in [3.63, 3.8) is 0 Å². The van der Waals surface area contributed by atoms with Crippen molar-refractivity contribution in [3.05, 3.63) is 64.3 Å². The maximum atomic E-state index is 10.6. The minimum Gasteiger partial charge on any atom is -0.508 e. The second kappa shape index (κ2) is 9.35. The fourth-order valence-corrected chi connectivity index (χ4v) is 3.75. The zero-order chi connectivity index (χ0) is 22.7. The summed E-state index contributed by atoms with van der Waals surface area (Å²) in [5.41, 5.74) is 3.89. The Kier molecular flexibility index (Phi) is 6.81. The lowest BCUT2D eigenvalue weighted by molar-refractivity contribution is 0.0196. The van der Waals surface area contributed by atoms with Crippen LogP contribution in [0, 0.1) is 0 Å². The van der Waals surface area contributed by atoms with Crippen LogP contribution in [-0.2, 0) is 12.8 Å². The van der Waals surface area contributed by atoms with Gasteiger partial charge in [-0.1, -0.05) is 23.3 Å². The number of rotatable bonds is 6. The van der Waals surface area contributed by atoms with Gasteiger partial charge in [-0.25, -0.2) is 0 Å². The Morgan fingerprint density at radius 1 is 1.00 bits per heavy atom. The molecule has 2 aromatic carbocycles. The molecule has 3 rings (SSSR count). The number of hydrogen-bond acceptors (Lipinski definition) is 6. The predicted octanol–water partition coefficient (Wildman–Crippen LogP) is 4.78. The van der Waals surface area contributed by atoms with Gasteiger partial charge in [-0.15, -0.1) is 0 Å². The summed E-state index contributed by atoms with van der Waals surface area (Å²) in [6.07, 6.45) is 4.82. The summed E-state index contributed by atoms with van der Waals surface area (Å²) in [6, 6.07) is 5.65. The van der Waals surface area contributed by atoms with Crippen molar-refractivity contribution >= 4 is 0 Å². The molecule has 0 amide bonds. The quantitative estimate of drug-likeness (QED) is 0.336. The summed E-state index contributed by atoms with van der Waals surface area (Å²) in [4.78, 5) is 0. The van der Waals surface area contributed by atoms with Gasteiger partial charge in [-0.3, -0.25) is 0 Å². The van der Waals surface area contributed by atoms with E-state index in [0.717, 1.165) is 12.8 Å². The van der Waals surface area contributed by atoms with Gasteiger partial charge < -0.3 is 30.3 Å². The molecule has 0 aliphatic carbocycles. The second-order valence-corrected chi connectivity index (χ2v) is 8.37. The molecule has 1 heterocycles. The smallest absolute Gasteiger partial charge is 0.161 e. The summed E-state index contributed by atoms with van der Waals surface area (Å²) in [6.45, 7) is 6.16. The first-order valence-corrected chi connectivity index (χ1v) is 10.4. The largest absolute Gasteiger partial charge is 0.508 e. The zero-order valence-corrected chi connectivity index (χ0v) is 18.1. The highest BCUT2D eigenvalue weighted by atomic mass is 16.5. The summed E-state index contributed by atoms with van der Waals surface area (Å²) in [7, 11) is 0. The molecule has 0 fully saturated rings. The summed E-state index contributed by atoms with van der Waals surface area (Å²) >= 11 is 0. The topological polar surface area (TPSA) is 110 Å². The van der Waals surface area contributed by atoms with Crippen LogP contribution in [0.15, 0.2) is 47.6 Å². The van der Waals surface area contributed by atoms with E-state index < -0.39 is 12.2 Å². The Labute approximate surface area is 182 Å². The van der Waals surface area contributed by atoms with Crippen molar-refractivity contribution in [1.29, 1.82) is 0 Å². The number of aliphatic hydroxyl groups excluding tert-OH is 1. The molecule has 0 aromatic heterocycles. The molecule has 0 radical (unpaired) electrons. The van der Waals surface area contributed by atoms with Gasteiger partial charge in [-0.05, 0) is 57.7 Å². The summed E-state index contributed by atoms with van der Waals surface area (Å²) < 4.78 is 5.86. The van der Waals surface area contributed by atoms with Crippen LogP contribution >= 0.6 is 0 Å². The molecule has 1 aliphatic heterocycles. The normalized spacial score (nSPS) is 18.3. The lowest BCUT2D eigenvalue weighted by Gasteiger charge is -2.31. The Morgan fingerprint density at radius 2 is 1.74 bits per heavy atom. The molecule has 0 unspecified atom stereocenters. The average Bonchev–Trinajstić information content (AvgIpc) is 2.69. The highest BCUT2D eigenvalue weighted by Gasteiger charge is 2.33. The van der Waals surface area contributed by atoms with Gasteiger partial charge in [0.25, 0.3) is 0 Å². The van der Waals surface area contributed by atoms with Crippen LogP contribution in [-0.4, -0.2) is 31.6 Å². The molecule has 6 heteroatoms. The number of allylic oxidation sites excluding steroid dienone is 4. The van der Waals surface area contributed by atoms with Gasteiger partial charge in [0.15, 0.2) is 11.5 Å². The fourth-order valence-electron chi connectivity index (χ4n) is 3.75. The Bertz CT molecular complexity index is 1020. The molecule has 0 saturated carbocycles. The van der Waals surface area contributed by atoms with E-state index in [1.165, 1.54) is 29.3 Å². The maximum Gasteiger partial charge on any atom is 0.161 e. The van der Waals surface area contributed by atoms with Crippen LogP contribution < -0.4 is 4.74 Å². The Hall–Kier alpha value is -3.12. The van der Waals surface area contributed by atoms with E-state index in [0.29, 0.717) is 23.1 Å². The first-order chi connectivity index (χ1) is 14.7. The van der Waals surface area contributed by atoms with E-state index >= 15 is 0 Å². The van der Waals surface area contributed by atoms with Crippen LogP contribution in [0.25, 0.3) is 0 Å². The summed E-state index contributed by atoms with van der Waals surface area (Å²) in [5.74, 6) is -0.497. The highest BCUT2D eigenvalue weighted by Crippen LogP contribution is 2.43. The van der Waals surface area contributed by atoms with Gasteiger partial charge in [0.1, 0.15) is 23.4 Å². The van der Waals surface area contributed by atoms with Gasteiger partial charge in [-0.2, -0.15) is 0 Å². The van der Waals surface area contributed by atoms with Gasteiger partial charge in [0, 0.05) is 29.7 Å². The molecule has 2 aromatic rings. The Morgan fingerprint density at radius 3 is 2.45 bits per heavy atom. The number of phenolic OH excluding ortho intramolecular Hbond substituents is 4. The third kappa shape index (κ3) is 5.33. The zero-order valence-electron chi connectivity index (χ0n) is 18.1. The average molecular weight is 427 g/mol. The highest BCUT2D eigenvalue weighted by molar-refractivity contribution is 5.53. The number of benzene rings is 2. The van der Waals surface area contributed by atoms with E-state index in [2.05, 4.69) is 19.9 Å². The molecule has 5 N–H and O–H groups in total. The number of aromatic hydroxyl groups is 4. The second-order valence-electron chi connectivity index (χ2n) is 8.37. The molecular formula is C25H30O6. The first kappa shape index (κ1) is 22.6. The molecular weight excluding hydrogens is 396 g/mol. The molecule has 6 nitrogen and oxygen atoms in total. The summed E-state index contributed by atoms with van der Waals surface area (Å²) in [5, 5.41) is 50.9. The van der Waals surface area contributed by atoms with Crippen LogP contribution in [0.4, 0.5) is 0 Å². The van der Waals surface area contributed by atoms with E-state index in [1.807, 2.05) is 13.0 Å². The van der Waals surface area contributed by atoms with E-state index in [1.54, 1.807) is 6.07 Å². The van der Waals surface area contributed by atoms with Gasteiger partial charge >= 0.3 is 0 Å². The van der Waals surface area contributed by atoms with Crippen molar-refractivity contribution in [2.45, 2.75) is 58.7 Å². The molecule has 0 saturated heterocycles. The molecule has 0 spiro atoms. The predicted molar refractivity (Wildman–Crippen MR) is 119 cm³/mol. The van der Waals surface area contributed by atoms with Crippen molar-refractivity contribution in [2.75, 3.05) is 0 Å². The van der Waals surface area contributed by atoms with Gasteiger partial charge in [0.2, 0.25) is 0 Å². The SMILES string of the molecule is CC(C)=CCCC(C)=CCc1cc([C@H]2Oc3cc(O)cc(O)c3C[C@@H]2O)cc(O)c1O. The Balaban J connectivity index is 1.84. The van der Waals surface area contributed by atoms with Crippen LogP contribution in [0.3, 0.4) is 0 Å². The molecule has 166 valence electrons. The van der Waals surface area contributed by atoms with E-state index in [9.17, 15) is 25.5 Å². The minimum atomic E-state index is -0.971. The fraction of sp³-hybridized carbons (Fsp3) is 0.360. The number of fused-ring (bicyclic) bond motifs is 1. The molecule has 0 bridgehead atoms. The lowest BCUT2D eigenvalue weighted by Crippen LogP contribution is -2.30. The van der Waals surface area contributed by atoms with Crippen LogP contribution in [0.5, 0.6) is 28.7 Å². The number of hydrogen-bond donors (Lipinski definition) is 5. The van der Waals surface area contributed by atoms with Crippen LogP contribution in [0.1, 0.15) is 56.4 Å². The van der Waals surface area contributed by atoms with Crippen LogP contribution in [0.2, 0.25) is 0 Å². The third-order valence-electron chi connectivity index (χ3n) is 5.47. The monoisotopic (exact) mass is 426 g/mol. The first-order valence-electron chi connectivity index (χ1n) is 10.4. The van der Waals surface area contributed by atoms with Crippen molar-refractivity contribution < 1.29 is 30.3 Å².